The number of aromatic nitrogens is 3. The third-order valence-electron chi connectivity index (χ3n) is 3.37. The summed E-state index contributed by atoms with van der Waals surface area (Å²) in [7, 11) is 0. The summed E-state index contributed by atoms with van der Waals surface area (Å²) >= 11 is 8.26. The Kier molecular flexibility index (Phi) is 5.93. The van der Waals surface area contributed by atoms with E-state index >= 15 is 0 Å². The maximum absolute atomic E-state index is 10.1. The molecule has 0 aliphatic rings. The molecule has 0 aliphatic heterocycles. The highest BCUT2D eigenvalue weighted by atomic mass is 79.9. The molecule has 0 saturated heterocycles. The van der Waals surface area contributed by atoms with Crippen molar-refractivity contribution in [3.63, 3.8) is 0 Å². The molecular formula is C17H14Br2N4OS. The molecule has 0 fully saturated rings. The van der Waals surface area contributed by atoms with Crippen molar-refractivity contribution < 1.29 is 5.11 Å². The molecule has 5 nitrogen and oxygen atoms in total. The molecule has 25 heavy (non-hydrogen) atoms. The van der Waals surface area contributed by atoms with Gasteiger partial charge in [-0.15, -0.1) is 10.2 Å². The van der Waals surface area contributed by atoms with Crippen LogP contribution in [-0.2, 0) is 5.75 Å². The van der Waals surface area contributed by atoms with Crippen LogP contribution < -0.4 is 0 Å². The van der Waals surface area contributed by atoms with E-state index in [1.54, 1.807) is 34.8 Å². The van der Waals surface area contributed by atoms with E-state index in [0.29, 0.717) is 15.2 Å². The van der Waals surface area contributed by atoms with Crippen LogP contribution in [0.4, 0.5) is 0 Å². The Labute approximate surface area is 166 Å². The third-order valence-corrected chi connectivity index (χ3v) is 5.43. The molecule has 0 aliphatic carbocycles. The van der Waals surface area contributed by atoms with Crippen molar-refractivity contribution in [2.45, 2.75) is 17.8 Å². The van der Waals surface area contributed by atoms with E-state index in [1.807, 2.05) is 0 Å². The normalized spacial score (nSPS) is 11.3. The molecule has 0 unspecified atom stereocenters. The van der Waals surface area contributed by atoms with E-state index in [0.717, 1.165) is 10.2 Å². The summed E-state index contributed by atoms with van der Waals surface area (Å²) in [6.07, 6.45) is 3.11. The fourth-order valence-corrected chi connectivity index (χ4v) is 4.11. The topological polar surface area (TPSA) is 63.3 Å². The molecule has 0 spiro atoms. The van der Waals surface area contributed by atoms with Crippen LogP contribution in [0, 0.1) is 6.92 Å². The van der Waals surface area contributed by atoms with Gasteiger partial charge >= 0.3 is 0 Å². The highest BCUT2D eigenvalue weighted by Gasteiger charge is 2.07. The summed E-state index contributed by atoms with van der Waals surface area (Å²) in [5, 5.41) is 23.1. The van der Waals surface area contributed by atoms with Crippen LogP contribution in [0.3, 0.4) is 0 Å². The van der Waals surface area contributed by atoms with E-state index in [9.17, 15) is 5.11 Å². The first-order valence-corrected chi connectivity index (χ1v) is 9.91. The van der Waals surface area contributed by atoms with Crippen LogP contribution >= 0.6 is 43.6 Å². The lowest BCUT2D eigenvalue weighted by Gasteiger charge is -2.04. The number of hydrogen-bond donors (Lipinski definition) is 1. The van der Waals surface area contributed by atoms with Gasteiger partial charge < -0.3 is 5.11 Å². The summed E-state index contributed by atoms with van der Waals surface area (Å²) in [6.45, 7) is 2.07. The van der Waals surface area contributed by atoms with Gasteiger partial charge in [-0.1, -0.05) is 57.5 Å². The molecule has 1 heterocycles. The number of hydrogen-bond acceptors (Lipinski definition) is 5. The van der Waals surface area contributed by atoms with Crippen LogP contribution in [0.25, 0.3) is 0 Å². The third kappa shape index (κ3) is 4.71. The molecule has 0 bridgehead atoms. The molecule has 3 aromatic rings. The number of aryl methyl sites for hydroxylation is 1. The summed E-state index contributed by atoms with van der Waals surface area (Å²) in [6, 6.07) is 11.9. The van der Waals surface area contributed by atoms with Crippen molar-refractivity contribution in [1.29, 1.82) is 0 Å². The Morgan fingerprint density at radius 1 is 1.24 bits per heavy atom. The van der Waals surface area contributed by atoms with Gasteiger partial charge in [0, 0.05) is 15.8 Å². The minimum absolute atomic E-state index is 0.133. The fraction of sp³-hybridized carbons (Fsp3) is 0.118. The first-order valence-electron chi connectivity index (χ1n) is 7.33. The fourth-order valence-electron chi connectivity index (χ4n) is 2.03. The van der Waals surface area contributed by atoms with Crippen molar-refractivity contribution >= 4 is 49.8 Å². The lowest BCUT2D eigenvalue weighted by atomic mass is 10.2. The first kappa shape index (κ1) is 18.2. The summed E-state index contributed by atoms with van der Waals surface area (Å²) in [5.74, 6) is 0.913. The van der Waals surface area contributed by atoms with Gasteiger partial charge in [0.25, 0.3) is 0 Å². The van der Waals surface area contributed by atoms with Crippen molar-refractivity contribution in [1.82, 2.24) is 14.9 Å². The number of halogens is 2. The average Bonchev–Trinajstić information content (AvgIpc) is 3.04. The second kappa shape index (κ2) is 8.16. The van der Waals surface area contributed by atoms with Gasteiger partial charge in [-0.05, 0) is 40.5 Å². The van der Waals surface area contributed by atoms with E-state index in [-0.39, 0.29) is 5.75 Å². The number of benzene rings is 2. The van der Waals surface area contributed by atoms with E-state index in [2.05, 4.69) is 78.3 Å². The van der Waals surface area contributed by atoms with Crippen LogP contribution in [0.2, 0.25) is 0 Å². The number of rotatable bonds is 5. The maximum Gasteiger partial charge on any atom is 0.212 e. The van der Waals surface area contributed by atoms with Crippen LogP contribution in [0.1, 0.15) is 16.7 Å². The molecule has 2 aromatic carbocycles. The predicted molar refractivity (Wildman–Crippen MR) is 107 cm³/mol. The molecule has 0 atom stereocenters. The lowest BCUT2D eigenvalue weighted by Crippen LogP contribution is -1.93. The molecule has 1 aromatic heterocycles. The smallest absolute Gasteiger partial charge is 0.212 e. The van der Waals surface area contributed by atoms with Crippen molar-refractivity contribution in [3.05, 3.63) is 68.4 Å². The Bertz CT molecular complexity index is 910. The SMILES string of the molecule is Cc1ccc(CSc2nncn2/N=C/c2cc(Br)cc(Br)c2O)cc1. The van der Waals surface area contributed by atoms with Crippen LogP contribution in [0.15, 0.2) is 61.9 Å². The maximum atomic E-state index is 10.1. The molecule has 8 heteroatoms. The monoisotopic (exact) mass is 480 g/mol. The first-order chi connectivity index (χ1) is 12.0. The van der Waals surface area contributed by atoms with E-state index in [4.69, 9.17) is 0 Å². The van der Waals surface area contributed by atoms with Gasteiger partial charge in [0.1, 0.15) is 12.1 Å². The Morgan fingerprint density at radius 2 is 2.00 bits per heavy atom. The number of phenols is 1. The minimum atomic E-state index is 0.133. The zero-order valence-corrected chi connectivity index (χ0v) is 17.2. The lowest BCUT2D eigenvalue weighted by molar-refractivity contribution is 0.471. The molecule has 3 rings (SSSR count). The van der Waals surface area contributed by atoms with E-state index in [1.165, 1.54) is 17.5 Å². The average molecular weight is 482 g/mol. The standard InChI is InChI=1S/C17H14Br2N4OS/c1-11-2-4-12(5-3-11)9-25-17-22-20-10-23(17)21-8-13-6-14(18)7-15(19)16(13)24/h2-8,10,24H,9H2,1H3/b21-8+. The van der Waals surface area contributed by atoms with Gasteiger partial charge in [-0.2, -0.15) is 9.78 Å². The minimum Gasteiger partial charge on any atom is -0.506 e. The van der Waals surface area contributed by atoms with Crippen molar-refractivity contribution in [3.8, 4) is 5.75 Å². The summed E-state index contributed by atoms with van der Waals surface area (Å²) < 4.78 is 3.03. The van der Waals surface area contributed by atoms with Crippen LogP contribution in [0.5, 0.6) is 5.75 Å². The van der Waals surface area contributed by atoms with Gasteiger partial charge in [-0.25, -0.2) is 0 Å². The number of phenolic OH excluding ortho intramolecular Hbond substituents is 1. The van der Waals surface area contributed by atoms with Gasteiger partial charge in [-0.3, -0.25) is 0 Å². The van der Waals surface area contributed by atoms with Gasteiger partial charge in [0.05, 0.1) is 10.7 Å². The molecule has 0 amide bonds. The zero-order chi connectivity index (χ0) is 17.8. The zero-order valence-electron chi connectivity index (χ0n) is 13.2. The Morgan fingerprint density at radius 3 is 2.76 bits per heavy atom. The molecule has 1 N–H and O–H groups in total. The second-order valence-corrected chi connectivity index (χ2v) is 8.01. The van der Waals surface area contributed by atoms with Gasteiger partial charge in [0.2, 0.25) is 5.16 Å². The van der Waals surface area contributed by atoms with Crippen molar-refractivity contribution in [2.24, 2.45) is 5.10 Å². The molecule has 128 valence electrons. The molecular weight excluding hydrogens is 468 g/mol. The largest absolute Gasteiger partial charge is 0.506 e. The van der Waals surface area contributed by atoms with Crippen molar-refractivity contribution in [2.75, 3.05) is 0 Å². The Hall–Kier alpha value is -1.64. The van der Waals surface area contributed by atoms with E-state index < -0.39 is 0 Å². The van der Waals surface area contributed by atoms with Gasteiger partial charge in [0.15, 0.2) is 0 Å². The highest BCUT2D eigenvalue weighted by Crippen LogP contribution is 2.30. The predicted octanol–water partition coefficient (Wildman–Crippen LogP) is 4.99. The molecule has 0 radical (unpaired) electrons. The number of thioether (sulfide) groups is 1. The molecule has 0 saturated carbocycles. The highest BCUT2D eigenvalue weighted by molar-refractivity contribution is 9.11. The summed E-state index contributed by atoms with van der Waals surface area (Å²) in [4.78, 5) is 0. The quantitative estimate of drug-likeness (QED) is 0.411. The Balaban J connectivity index is 1.74. The summed E-state index contributed by atoms with van der Waals surface area (Å²) in [5.41, 5.74) is 3.04. The second-order valence-electron chi connectivity index (χ2n) is 5.30. The van der Waals surface area contributed by atoms with Crippen LogP contribution in [-0.4, -0.2) is 26.2 Å². The number of aromatic hydroxyl groups is 1. The number of nitrogens with zero attached hydrogens (tertiary/aromatic N) is 4.